The first kappa shape index (κ1) is 12.1. The summed E-state index contributed by atoms with van der Waals surface area (Å²) in [4.78, 5) is 0. The summed E-state index contributed by atoms with van der Waals surface area (Å²) < 4.78 is 0.961. The molecule has 1 heterocycles. The van der Waals surface area contributed by atoms with E-state index < -0.39 is 0 Å². The number of anilines is 1. The Morgan fingerprint density at radius 1 is 1.41 bits per heavy atom. The normalized spacial score (nSPS) is 10.5. The molecular formula is C12H14BrN3O. The Balaban J connectivity index is 2.08. The summed E-state index contributed by atoms with van der Waals surface area (Å²) in [6, 6.07) is 7.77. The van der Waals surface area contributed by atoms with E-state index in [-0.39, 0.29) is 6.61 Å². The van der Waals surface area contributed by atoms with Crippen molar-refractivity contribution in [2.75, 3.05) is 5.32 Å². The summed E-state index contributed by atoms with van der Waals surface area (Å²) in [6.07, 6.45) is 0. The highest BCUT2D eigenvalue weighted by molar-refractivity contribution is 9.10. The number of hydrogen-bond donors (Lipinski definition) is 3. The van der Waals surface area contributed by atoms with Gasteiger partial charge in [0.1, 0.15) is 0 Å². The Labute approximate surface area is 108 Å². The van der Waals surface area contributed by atoms with Crippen LogP contribution >= 0.6 is 15.9 Å². The molecule has 17 heavy (non-hydrogen) atoms. The molecule has 3 N–H and O–H groups in total. The van der Waals surface area contributed by atoms with Crippen molar-refractivity contribution in [2.45, 2.75) is 20.1 Å². The molecule has 2 rings (SSSR count). The lowest BCUT2D eigenvalue weighted by atomic mass is 10.2. The van der Waals surface area contributed by atoms with Gasteiger partial charge in [0.2, 0.25) is 0 Å². The number of hydrogen-bond acceptors (Lipinski definition) is 3. The van der Waals surface area contributed by atoms with Crippen LogP contribution in [0.3, 0.4) is 0 Å². The molecule has 1 aromatic carbocycles. The molecule has 0 spiro atoms. The van der Waals surface area contributed by atoms with E-state index in [0.29, 0.717) is 6.54 Å². The summed E-state index contributed by atoms with van der Waals surface area (Å²) in [5, 5.41) is 19.6. The van der Waals surface area contributed by atoms with Crippen LogP contribution in [0.1, 0.15) is 17.0 Å². The number of nitrogens with one attached hydrogen (secondary N) is 2. The Bertz CT molecular complexity index is 510. The number of aromatic amines is 1. The number of halogens is 1. The highest BCUT2D eigenvalue weighted by atomic mass is 79.9. The number of aliphatic hydroxyl groups is 1. The molecule has 0 atom stereocenters. The predicted molar refractivity (Wildman–Crippen MR) is 70.7 cm³/mol. The number of aliphatic hydroxyl groups excluding tert-OH is 1. The fraction of sp³-hybridized carbons (Fsp3) is 0.250. The molecular weight excluding hydrogens is 282 g/mol. The quantitative estimate of drug-likeness (QED) is 0.812. The molecule has 0 fully saturated rings. The maximum Gasteiger partial charge on any atom is 0.0815 e. The second-order valence-corrected chi connectivity index (χ2v) is 4.77. The summed E-state index contributed by atoms with van der Waals surface area (Å²) in [7, 11) is 0. The third-order valence-corrected chi connectivity index (χ3v) is 2.95. The van der Waals surface area contributed by atoms with Gasteiger partial charge in [-0.2, -0.15) is 5.10 Å². The second kappa shape index (κ2) is 5.33. The van der Waals surface area contributed by atoms with Crippen LogP contribution < -0.4 is 5.32 Å². The average molecular weight is 296 g/mol. The Kier molecular flexibility index (Phi) is 3.81. The first-order valence-corrected chi connectivity index (χ1v) is 6.12. The zero-order valence-corrected chi connectivity index (χ0v) is 11.1. The molecule has 0 amide bonds. The van der Waals surface area contributed by atoms with Gasteiger partial charge < -0.3 is 10.4 Å². The first-order valence-electron chi connectivity index (χ1n) is 5.33. The van der Waals surface area contributed by atoms with Crippen molar-refractivity contribution in [2.24, 2.45) is 0 Å². The van der Waals surface area contributed by atoms with Gasteiger partial charge in [-0.1, -0.05) is 15.9 Å². The molecule has 0 aliphatic rings. The molecule has 2 aromatic rings. The van der Waals surface area contributed by atoms with Crippen LogP contribution in [0.15, 0.2) is 28.7 Å². The van der Waals surface area contributed by atoms with Gasteiger partial charge in [0.05, 0.1) is 18.8 Å². The van der Waals surface area contributed by atoms with Crippen molar-refractivity contribution in [1.82, 2.24) is 10.2 Å². The summed E-state index contributed by atoms with van der Waals surface area (Å²) in [6.45, 7) is 2.62. The molecule has 4 nitrogen and oxygen atoms in total. The van der Waals surface area contributed by atoms with Gasteiger partial charge in [0, 0.05) is 21.4 Å². The van der Waals surface area contributed by atoms with E-state index in [1.807, 2.05) is 31.2 Å². The third-order valence-electron chi connectivity index (χ3n) is 2.46. The minimum Gasteiger partial charge on any atom is -0.392 e. The van der Waals surface area contributed by atoms with E-state index in [0.717, 1.165) is 27.1 Å². The molecule has 0 saturated carbocycles. The van der Waals surface area contributed by atoms with Crippen molar-refractivity contribution in [3.8, 4) is 0 Å². The number of rotatable bonds is 4. The number of aromatic nitrogens is 2. The van der Waals surface area contributed by atoms with Crippen LogP contribution in [-0.2, 0) is 13.2 Å². The van der Waals surface area contributed by atoms with Gasteiger partial charge in [-0.3, -0.25) is 5.10 Å². The predicted octanol–water partition coefficient (Wildman–Crippen LogP) is 2.59. The molecule has 90 valence electrons. The molecule has 0 radical (unpaired) electrons. The zero-order chi connectivity index (χ0) is 12.3. The van der Waals surface area contributed by atoms with E-state index in [2.05, 4.69) is 31.4 Å². The smallest absolute Gasteiger partial charge is 0.0815 e. The van der Waals surface area contributed by atoms with E-state index in [1.165, 1.54) is 0 Å². The van der Waals surface area contributed by atoms with Crippen molar-refractivity contribution in [3.63, 3.8) is 0 Å². The largest absolute Gasteiger partial charge is 0.392 e. The third kappa shape index (κ3) is 3.08. The minimum atomic E-state index is 0.0152. The maximum atomic E-state index is 9.26. The molecule has 0 unspecified atom stereocenters. The van der Waals surface area contributed by atoms with Gasteiger partial charge in [-0.25, -0.2) is 0 Å². The molecule has 0 saturated heterocycles. The Morgan fingerprint density at radius 2 is 2.24 bits per heavy atom. The number of aryl methyl sites for hydroxylation is 1. The van der Waals surface area contributed by atoms with E-state index in [1.54, 1.807) is 0 Å². The lowest BCUT2D eigenvalue weighted by molar-refractivity contribution is 0.282. The fourth-order valence-corrected chi connectivity index (χ4v) is 2.02. The van der Waals surface area contributed by atoms with Crippen LogP contribution in [0.5, 0.6) is 0 Å². The lowest BCUT2D eigenvalue weighted by Crippen LogP contribution is -2.02. The van der Waals surface area contributed by atoms with Gasteiger partial charge in [-0.05, 0) is 31.2 Å². The van der Waals surface area contributed by atoms with Crippen LogP contribution in [0.25, 0.3) is 0 Å². The highest BCUT2D eigenvalue weighted by Crippen LogP contribution is 2.21. The summed E-state index contributed by atoms with van der Waals surface area (Å²) in [5.41, 5.74) is 3.79. The van der Waals surface area contributed by atoms with Crippen LogP contribution in [0.2, 0.25) is 0 Å². The van der Waals surface area contributed by atoms with Crippen molar-refractivity contribution < 1.29 is 5.11 Å². The molecule has 1 aromatic heterocycles. The van der Waals surface area contributed by atoms with Crippen molar-refractivity contribution in [1.29, 1.82) is 0 Å². The molecule has 5 heteroatoms. The topological polar surface area (TPSA) is 60.9 Å². The number of nitrogens with zero attached hydrogens (tertiary/aromatic N) is 1. The Hall–Kier alpha value is -1.33. The molecule has 0 aliphatic carbocycles. The van der Waals surface area contributed by atoms with Crippen molar-refractivity contribution >= 4 is 21.6 Å². The molecule has 0 bridgehead atoms. The van der Waals surface area contributed by atoms with Crippen molar-refractivity contribution in [3.05, 3.63) is 45.7 Å². The number of H-pyrrole nitrogens is 1. The van der Waals surface area contributed by atoms with Crippen LogP contribution in [0.4, 0.5) is 5.69 Å². The first-order chi connectivity index (χ1) is 8.19. The van der Waals surface area contributed by atoms with Crippen LogP contribution in [-0.4, -0.2) is 15.3 Å². The van der Waals surface area contributed by atoms with Gasteiger partial charge in [0.15, 0.2) is 0 Å². The van der Waals surface area contributed by atoms with Gasteiger partial charge in [-0.15, -0.1) is 0 Å². The van der Waals surface area contributed by atoms with Gasteiger partial charge in [0.25, 0.3) is 0 Å². The SMILES string of the molecule is Cc1cc(CNc2ccc(Br)cc2CO)n[nH]1. The average Bonchev–Trinajstić information content (AvgIpc) is 2.73. The maximum absolute atomic E-state index is 9.26. The second-order valence-electron chi connectivity index (χ2n) is 3.86. The molecule has 0 aliphatic heterocycles. The minimum absolute atomic E-state index is 0.0152. The zero-order valence-electron chi connectivity index (χ0n) is 9.50. The number of benzene rings is 1. The van der Waals surface area contributed by atoms with Gasteiger partial charge >= 0.3 is 0 Å². The van der Waals surface area contributed by atoms with E-state index in [9.17, 15) is 5.11 Å². The summed E-state index contributed by atoms with van der Waals surface area (Å²) >= 11 is 3.38. The fourth-order valence-electron chi connectivity index (χ4n) is 1.62. The lowest BCUT2D eigenvalue weighted by Gasteiger charge is -2.09. The van der Waals surface area contributed by atoms with E-state index >= 15 is 0 Å². The van der Waals surface area contributed by atoms with E-state index in [4.69, 9.17) is 0 Å². The monoisotopic (exact) mass is 295 g/mol. The summed E-state index contributed by atoms with van der Waals surface area (Å²) in [5.74, 6) is 0. The standard InChI is InChI=1S/C12H14BrN3O/c1-8-4-11(16-15-8)6-14-12-3-2-10(13)5-9(12)7-17/h2-5,14,17H,6-7H2,1H3,(H,15,16). The Morgan fingerprint density at radius 3 is 2.88 bits per heavy atom. The highest BCUT2D eigenvalue weighted by Gasteiger charge is 2.03. The van der Waals surface area contributed by atoms with Crippen LogP contribution in [0, 0.1) is 6.92 Å².